The highest BCUT2D eigenvalue weighted by Crippen LogP contribution is 2.26. The zero-order chi connectivity index (χ0) is 14.2. The van der Waals surface area contributed by atoms with Crippen molar-refractivity contribution in [2.45, 2.75) is 6.92 Å². The lowest BCUT2D eigenvalue weighted by Crippen LogP contribution is -2.30. The molecule has 4 nitrogen and oxygen atoms in total. The van der Waals surface area contributed by atoms with E-state index in [1.165, 1.54) is 17.0 Å². The number of likely N-dealkylation sites (tertiary alicyclic amines) is 1. The maximum Gasteiger partial charge on any atom is 0.308 e. The van der Waals surface area contributed by atoms with Crippen molar-refractivity contribution < 1.29 is 19.1 Å². The van der Waals surface area contributed by atoms with E-state index in [-0.39, 0.29) is 18.0 Å². The van der Waals surface area contributed by atoms with Gasteiger partial charge in [0.2, 0.25) is 0 Å². The Morgan fingerprint density at radius 1 is 1.42 bits per heavy atom. The second-order valence-corrected chi connectivity index (χ2v) is 5.67. The van der Waals surface area contributed by atoms with Crippen LogP contribution in [0.25, 0.3) is 0 Å². The molecule has 0 bridgehead atoms. The van der Waals surface area contributed by atoms with Crippen LogP contribution in [-0.4, -0.2) is 35.0 Å². The molecule has 0 aromatic heterocycles. The maximum absolute atomic E-state index is 13.7. The van der Waals surface area contributed by atoms with Crippen LogP contribution in [0.4, 0.5) is 4.39 Å². The number of carbonyl (C=O) groups is 2. The summed E-state index contributed by atoms with van der Waals surface area (Å²) in [7, 11) is 0. The molecule has 1 amide bonds. The highest BCUT2D eigenvalue weighted by Gasteiger charge is 2.37. The van der Waals surface area contributed by atoms with Crippen molar-refractivity contribution in [2.24, 2.45) is 11.8 Å². The normalized spacial score (nSPS) is 22.6. The second kappa shape index (κ2) is 5.28. The van der Waals surface area contributed by atoms with Crippen LogP contribution in [0.3, 0.4) is 0 Å². The van der Waals surface area contributed by atoms with Crippen molar-refractivity contribution in [1.82, 2.24) is 4.90 Å². The van der Waals surface area contributed by atoms with Gasteiger partial charge < -0.3 is 10.0 Å². The number of aliphatic carboxylic acids is 1. The average molecular weight is 330 g/mol. The van der Waals surface area contributed by atoms with Gasteiger partial charge in [-0.05, 0) is 24.1 Å². The molecule has 1 aromatic carbocycles. The average Bonchev–Trinajstić information content (AvgIpc) is 2.70. The molecule has 1 heterocycles. The van der Waals surface area contributed by atoms with Crippen LogP contribution in [-0.2, 0) is 4.79 Å². The van der Waals surface area contributed by atoms with Crippen molar-refractivity contribution in [2.75, 3.05) is 13.1 Å². The summed E-state index contributed by atoms with van der Waals surface area (Å²) in [6, 6.07) is 4.21. The molecule has 1 aliphatic rings. The zero-order valence-electron chi connectivity index (χ0n) is 10.3. The van der Waals surface area contributed by atoms with Crippen molar-refractivity contribution >= 4 is 27.8 Å². The summed E-state index contributed by atoms with van der Waals surface area (Å²) in [5.74, 6) is -2.69. The van der Waals surface area contributed by atoms with Crippen LogP contribution >= 0.6 is 15.9 Å². The molecule has 0 spiro atoms. The Bertz CT molecular complexity index is 535. The van der Waals surface area contributed by atoms with Crippen molar-refractivity contribution in [3.63, 3.8) is 0 Å². The fourth-order valence-corrected chi connectivity index (χ4v) is 2.62. The largest absolute Gasteiger partial charge is 0.481 e. The Hall–Kier alpha value is -1.43. The number of carboxylic acid groups (broad SMARTS) is 1. The fourth-order valence-electron chi connectivity index (χ4n) is 2.29. The number of hydrogen-bond donors (Lipinski definition) is 1. The molecule has 2 unspecified atom stereocenters. The van der Waals surface area contributed by atoms with Gasteiger partial charge in [-0.1, -0.05) is 22.9 Å². The Balaban J connectivity index is 2.19. The highest BCUT2D eigenvalue weighted by molar-refractivity contribution is 9.10. The molecular weight excluding hydrogens is 317 g/mol. The van der Waals surface area contributed by atoms with Crippen molar-refractivity contribution in [3.8, 4) is 0 Å². The van der Waals surface area contributed by atoms with Crippen LogP contribution in [0.2, 0.25) is 0 Å². The Morgan fingerprint density at radius 2 is 2.11 bits per heavy atom. The number of halogens is 2. The van der Waals surface area contributed by atoms with Gasteiger partial charge in [0.15, 0.2) is 0 Å². The first-order chi connectivity index (χ1) is 8.90. The lowest BCUT2D eigenvalue weighted by Gasteiger charge is -2.16. The Labute approximate surface area is 118 Å². The van der Waals surface area contributed by atoms with Gasteiger partial charge in [0, 0.05) is 17.6 Å². The first-order valence-corrected chi connectivity index (χ1v) is 6.66. The molecule has 1 N–H and O–H groups in total. The minimum absolute atomic E-state index is 0.0264. The topological polar surface area (TPSA) is 57.6 Å². The van der Waals surface area contributed by atoms with Crippen molar-refractivity contribution in [3.05, 3.63) is 34.1 Å². The quantitative estimate of drug-likeness (QED) is 0.906. The van der Waals surface area contributed by atoms with E-state index in [0.29, 0.717) is 11.0 Å². The molecular formula is C13H13BrFNO3. The zero-order valence-corrected chi connectivity index (χ0v) is 11.9. The van der Waals surface area contributed by atoms with Crippen LogP contribution in [0.1, 0.15) is 17.3 Å². The molecule has 2 atom stereocenters. The lowest BCUT2D eigenvalue weighted by atomic mass is 9.99. The van der Waals surface area contributed by atoms with Gasteiger partial charge in [-0.2, -0.15) is 0 Å². The number of nitrogens with zero attached hydrogens (tertiary/aromatic N) is 1. The minimum Gasteiger partial charge on any atom is -0.481 e. The van der Waals surface area contributed by atoms with E-state index >= 15 is 0 Å². The predicted octanol–water partition coefficient (Wildman–Crippen LogP) is 2.38. The molecule has 1 fully saturated rings. The monoisotopic (exact) mass is 329 g/mol. The first kappa shape index (κ1) is 14.0. The summed E-state index contributed by atoms with van der Waals surface area (Å²) in [5.41, 5.74) is -0.0264. The number of amides is 1. The van der Waals surface area contributed by atoms with Gasteiger partial charge in [-0.25, -0.2) is 4.39 Å². The maximum atomic E-state index is 13.7. The number of carbonyl (C=O) groups excluding carboxylic acids is 1. The van der Waals surface area contributed by atoms with E-state index in [0.717, 1.165) is 0 Å². The van der Waals surface area contributed by atoms with E-state index in [2.05, 4.69) is 15.9 Å². The third kappa shape index (κ3) is 2.78. The van der Waals surface area contributed by atoms with Gasteiger partial charge >= 0.3 is 5.97 Å². The van der Waals surface area contributed by atoms with E-state index < -0.39 is 23.6 Å². The third-order valence-electron chi connectivity index (χ3n) is 3.38. The fraction of sp³-hybridized carbons (Fsp3) is 0.385. The van der Waals surface area contributed by atoms with Crippen LogP contribution < -0.4 is 0 Å². The Kier molecular flexibility index (Phi) is 3.89. The predicted molar refractivity (Wildman–Crippen MR) is 70.3 cm³/mol. The molecule has 1 aromatic rings. The summed E-state index contributed by atoms with van der Waals surface area (Å²) >= 11 is 3.12. The van der Waals surface area contributed by atoms with E-state index in [4.69, 9.17) is 5.11 Å². The second-order valence-electron chi connectivity index (χ2n) is 4.76. The minimum atomic E-state index is -0.918. The molecule has 19 heavy (non-hydrogen) atoms. The highest BCUT2D eigenvalue weighted by atomic mass is 79.9. The van der Waals surface area contributed by atoms with Gasteiger partial charge in [-0.15, -0.1) is 0 Å². The van der Waals surface area contributed by atoms with Crippen LogP contribution in [0, 0.1) is 17.7 Å². The molecule has 0 saturated carbocycles. The van der Waals surface area contributed by atoms with Gasteiger partial charge in [0.05, 0.1) is 11.5 Å². The first-order valence-electron chi connectivity index (χ1n) is 5.87. The van der Waals surface area contributed by atoms with Gasteiger partial charge in [-0.3, -0.25) is 9.59 Å². The van der Waals surface area contributed by atoms with E-state index in [1.54, 1.807) is 13.0 Å². The number of benzene rings is 1. The van der Waals surface area contributed by atoms with Crippen LogP contribution in [0.15, 0.2) is 22.7 Å². The molecule has 2 rings (SSSR count). The summed E-state index contributed by atoms with van der Waals surface area (Å²) in [4.78, 5) is 24.6. The summed E-state index contributed by atoms with van der Waals surface area (Å²) < 4.78 is 14.3. The third-order valence-corrected chi connectivity index (χ3v) is 3.87. The number of rotatable bonds is 2. The molecule has 1 saturated heterocycles. The standard InChI is InChI=1S/C13H13BrFNO3/c1-7-5-16(6-10(7)13(18)19)12(17)9-3-2-8(14)4-11(9)15/h2-4,7,10H,5-6H2,1H3,(H,18,19). The summed E-state index contributed by atoms with van der Waals surface area (Å²) in [6.45, 7) is 2.25. The molecule has 0 aliphatic carbocycles. The van der Waals surface area contributed by atoms with E-state index in [9.17, 15) is 14.0 Å². The van der Waals surface area contributed by atoms with Gasteiger partial charge in [0.25, 0.3) is 5.91 Å². The van der Waals surface area contributed by atoms with E-state index in [1.807, 2.05) is 0 Å². The molecule has 1 aliphatic heterocycles. The molecule has 102 valence electrons. The molecule has 0 radical (unpaired) electrons. The number of hydrogen-bond acceptors (Lipinski definition) is 2. The number of carboxylic acids is 1. The van der Waals surface area contributed by atoms with Gasteiger partial charge in [0.1, 0.15) is 5.82 Å². The smallest absolute Gasteiger partial charge is 0.308 e. The Morgan fingerprint density at radius 3 is 2.63 bits per heavy atom. The summed E-state index contributed by atoms with van der Waals surface area (Å²) in [6.07, 6.45) is 0. The molecule has 6 heteroatoms. The van der Waals surface area contributed by atoms with Crippen molar-refractivity contribution in [1.29, 1.82) is 0 Å². The lowest BCUT2D eigenvalue weighted by molar-refractivity contribution is -0.142. The van der Waals surface area contributed by atoms with Crippen LogP contribution in [0.5, 0.6) is 0 Å². The SMILES string of the molecule is CC1CN(C(=O)c2ccc(Br)cc2F)CC1C(=O)O. The summed E-state index contributed by atoms with van der Waals surface area (Å²) in [5, 5.41) is 9.03.